The highest BCUT2D eigenvalue weighted by molar-refractivity contribution is 6.31. The van der Waals surface area contributed by atoms with E-state index < -0.39 is 23.8 Å². The van der Waals surface area contributed by atoms with E-state index in [1.807, 2.05) is 30.3 Å². The summed E-state index contributed by atoms with van der Waals surface area (Å²) < 4.78 is 6.39. The van der Waals surface area contributed by atoms with E-state index in [9.17, 15) is 29.2 Å². The van der Waals surface area contributed by atoms with E-state index >= 15 is 0 Å². The number of piperidine rings is 1. The maximum atomic E-state index is 13.5. The van der Waals surface area contributed by atoms with Gasteiger partial charge >= 0.3 is 0 Å². The van der Waals surface area contributed by atoms with Crippen molar-refractivity contribution in [1.82, 2.24) is 20.4 Å². The summed E-state index contributed by atoms with van der Waals surface area (Å²) in [5.74, 6) is -0.798. The molecule has 3 saturated heterocycles. The predicted molar refractivity (Wildman–Crippen MR) is 230 cm³/mol. The van der Waals surface area contributed by atoms with Crippen LogP contribution in [0.15, 0.2) is 60.7 Å². The van der Waals surface area contributed by atoms with E-state index in [1.165, 1.54) is 12.8 Å². The zero-order chi connectivity index (χ0) is 43.0. The van der Waals surface area contributed by atoms with Crippen LogP contribution in [0.3, 0.4) is 0 Å². The summed E-state index contributed by atoms with van der Waals surface area (Å²) >= 11 is 6.26. The molecule has 3 aromatic carbocycles. The molecule has 4 aliphatic heterocycles. The summed E-state index contributed by atoms with van der Waals surface area (Å²) in [6, 6.07) is 19.4. The number of carbonyl (C=O) groups excluding carboxylic acids is 5. The van der Waals surface area contributed by atoms with Gasteiger partial charge in [-0.3, -0.25) is 39.1 Å². The molecule has 4 heterocycles. The highest BCUT2D eigenvalue weighted by Gasteiger charge is 2.64. The Kier molecular flexibility index (Phi) is 10.2. The van der Waals surface area contributed by atoms with E-state index in [-0.39, 0.29) is 53.0 Å². The van der Waals surface area contributed by atoms with E-state index in [0.29, 0.717) is 38.9 Å². The lowest BCUT2D eigenvalue weighted by Crippen LogP contribution is -2.74. The summed E-state index contributed by atoms with van der Waals surface area (Å²) in [5, 5.41) is 15.1. The summed E-state index contributed by atoms with van der Waals surface area (Å²) in [4.78, 5) is 72.6. The molecule has 3 aromatic rings. The van der Waals surface area contributed by atoms with Gasteiger partial charge in [0, 0.05) is 92.1 Å². The van der Waals surface area contributed by atoms with Gasteiger partial charge in [0.2, 0.25) is 11.8 Å². The number of nitrogens with zero attached hydrogens (tertiary/aromatic N) is 5. The lowest BCUT2D eigenvalue weighted by molar-refractivity contribution is -0.164. The molecule has 1 spiro atoms. The number of carbonyl (C=O) groups is 5. The highest BCUT2D eigenvalue weighted by Crippen LogP contribution is 2.56. The molecule has 14 heteroatoms. The van der Waals surface area contributed by atoms with Crippen molar-refractivity contribution in [2.45, 2.75) is 78.0 Å². The number of nitrogens with one attached hydrogen (secondary N) is 2. The van der Waals surface area contributed by atoms with Crippen LogP contribution in [0.5, 0.6) is 5.75 Å². The summed E-state index contributed by atoms with van der Waals surface area (Å²) in [7, 11) is 0. The number of rotatable bonds is 9. The number of halogens is 1. The van der Waals surface area contributed by atoms with Crippen molar-refractivity contribution in [3.63, 3.8) is 0 Å². The molecule has 2 saturated carbocycles. The van der Waals surface area contributed by atoms with Crippen molar-refractivity contribution >= 4 is 52.5 Å². The molecule has 9 rings (SSSR count). The topological polar surface area (TPSA) is 155 Å². The second kappa shape index (κ2) is 15.2. The normalized spacial score (nSPS) is 25.4. The Balaban J connectivity index is 0.727. The van der Waals surface area contributed by atoms with Crippen LogP contribution in [-0.2, 0) is 9.59 Å². The van der Waals surface area contributed by atoms with Crippen LogP contribution < -0.4 is 25.2 Å². The van der Waals surface area contributed by atoms with Gasteiger partial charge in [0.1, 0.15) is 24.0 Å². The Hall–Kier alpha value is -5.45. The Morgan fingerprint density at radius 1 is 0.869 bits per heavy atom. The lowest BCUT2D eigenvalue weighted by atomic mass is 9.49. The first-order chi connectivity index (χ1) is 29.1. The van der Waals surface area contributed by atoms with Gasteiger partial charge in [-0.1, -0.05) is 39.3 Å². The standard InChI is InChI=1S/C47H52ClN7O6/c1-45(2)43(46(3,4)44(45)61-33-11-7-30(25-49)36(48)22-33)51-39(57)29-5-8-31(9-6-29)53-19-17-52(18-20-53)26-28-23-47(24-28)15-16-54(27-47)32-10-12-34-35(21-32)42(60)55(41(34)59)37-13-14-38(56)50-40(37)58/h5-12,21-22,28,37,43-44H,13-20,23-24,26-27H2,1-4H3,(H,51,57)(H,50,56,58)/t28?,37?,43-,44-,47?. The van der Waals surface area contributed by atoms with Crippen LogP contribution in [0.1, 0.15) is 96.4 Å². The SMILES string of the molecule is CC1(C)[C@H](NC(=O)c2ccc(N3CCN(CC4CC5(CCN(c6ccc7c(c6)C(=O)N(C6CCC(=O)NC6=O)C7=O)C5)C4)CC3)cc2)C(C)(C)[C@H]1Oc1ccc(C#N)c(Cl)c1. The van der Waals surface area contributed by atoms with E-state index in [4.69, 9.17) is 16.3 Å². The van der Waals surface area contributed by atoms with Gasteiger partial charge in [-0.15, -0.1) is 0 Å². The van der Waals surface area contributed by atoms with Gasteiger partial charge in [-0.05, 0) is 91.6 Å². The maximum absolute atomic E-state index is 13.5. The summed E-state index contributed by atoms with van der Waals surface area (Å²) in [5.41, 5.74) is 3.26. The minimum absolute atomic E-state index is 0.0963. The molecule has 61 heavy (non-hydrogen) atoms. The van der Waals surface area contributed by atoms with Crippen molar-refractivity contribution in [3.8, 4) is 11.8 Å². The number of ether oxygens (including phenoxy) is 1. The third-order valence-electron chi connectivity index (χ3n) is 14.5. The van der Waals surface area contributed by atoms with E-state index in [0.717, 1.165) is 68.5 Å². The zero-order valence-electron chi connectivity index (χ0n) is 35.1. The Bertz CT molecular complexity index is 2340. The second-order valence-corrected chi connectivity index (χ2v) is 19.7. The van der Waals surface area contributed by atoms with Gasteiger partial charge in [0.25, 0.3) is 17.7 Å². The smallest absolute Gasteiger partial charge is 0.262 e. The second-order valence-electron chi connectivity index (χ2n) is 19.3. The number of fused-ring (bicyclic) bond motifs is 1. The Morgan fingerprint density at radius 3 is 2.23 bits per heavy atom. The maximum Gasteiger partial charge on any atom is 0.262 e. The van der Waals surface area contributed by atoms with Gasteiger partial charge in [-0.2, -0.15) is 5.26 Å². The van der Waals surface area contributed by atoms with Crippen LogP contribution >= 0.6 is 11.6 Å². The monoisotopic (exact) mass is 845 g/mol. The predicted octanol–water partition coefficient (Wildman–Crippen LogP) is 5.65. The number of anilines is 2. The third-order valence-corrected chi connectivity index (χ3v) is 14.8. The molecule has 0 aromatic heterocycles. The van der Waals surface area contributed by atoms with Crippen molar-refractivity contribution < 1.29 is 28.7 Å². The molecule has 1 unspecified atom stereocenters. The summed E-state index contributed by atoms with van der Waals surface area (Å²) in [6.07, 6.45) is 3.50. The molecule has 318 valence electrons. The van der Waals surface area contributed by atoms with Gasteiger partial charge < -0.3 is 19.9 Å². The number of imide groups is 2. The van der Waals surface area contributed by atoms with Crippen molar-refractivity contribution in [2.24, 2.45) is 22.2 Å². The minimum Gasteiger partial charge on any atom is -0.489 e. The number of nitriles is 1. The van der Waals surface area contributed by atoms with Crippen LogP contribution in [0.4, 0.5) is 11.4 Å². The number of benzene rings is 3. The zero-order valence-corrected chi connectivity index (χ0v) is 35.9. The minimum atomic E-state index is -0.967. The quantitative estimate of drug-likeness (QED) is 0.258. The van der Waals surface area contributed by atoms with Gasteiger partial charge in [0.05, 0.1) is 21.7 Å². The highest BCUT2D eigenvalue weighted by atomic mass is 35.5. The molecule has 5 amide bonds. The molecular formula is C47H52ClN7O6. The molecule has 0 radical (unpaired) electrons. The van der Waals surface area contributed by atoms with Crippen LogP contribution in [0.2, 0.25) is 5.02 Å². The number of piperazine rings is 1. The molecule has 5 fully saturated rings. The van der Waals surface area contributed by atoms with Gasteiger partial charge in [-0.25, -0.2) is 0 Å². The lowest BCUT2D eigenvalue weighted by Gasteiger charge is -2.63. The molecule has 2 N–H and O–H groups in total. The average molecular weight is 846 g/mol. The van der Waals surface area contributed by atoms with Crippen molar-refractivity contribution in [2.75, 3.05) is 55.6 Å². The first-order valence-corrected chi connectivity index (χ1v) is 21.8. The Morgan fingerprint density at radius 2 is 1.56 bits per heavy atom. The fourth-order valence-electron chi connectivity index (χ4n) is 11.6. The van der Waals surface area contributed by atoms with Crippen LogP contribution in [-0.4, -0.2) is 103 Å². The molecule has 0 bridgehead atoms. The Labute approximate surface area is 361 Å². The van der Waals surface area contributed by atoms with Crippen LogP contribution in [0.25, 0.3) is 0 Å². The summed E-state index contributed by atoms with van der Waals surface area (Å²) in [6.45, 7) is 15.1. The van der Waals surface area contributed by atoms with Crippen molar-refractivity contribution in [1.29, 1.82) is 5.26 Å². The fourth-order valence-corrected chi connectivity index (χ4v) is 11.8. The first kappa shape index (κ1) is 40.9. The fraction of sp³-hybridized carbons (Fsp3) is 0.489. The molecular weight excluding hydrogens is 794 g/mol. The molecule has 13 nitrogen and oxygen atoms in total. The number of hydrogen-bond donors (Lipinski definition) is 2. The first-order valence-electron chi connectivity index (χ1n) is 21.4. The molecule has 2 aliphatic carbocycles. The van der Waals surface area contributed by atoms with Crippen LogP contribution in [0, 0.1) is 33.5 Å². The molecule has 1 atom stereocenters. The largest absolute Gasteiger partial charge is 0.489 e. The average Bonchev–Trinajstić information content (AvgIpc) is 3.78. The van der Waals surface area contributed by atoms with E-state index in [1.54, 1.807) is 30.3 Å². The number of hydrogen-bond acceptors (Lipinski definition) is 10. The van der Waals surface area contributed by atoms with E-state index in [2.05, 4.69) is 59.1 Å². The third kappa shape index (κ3) is 7.21. The molecule has 6 aliphatic rings. The number of amides is 5. The van der Waals surface area contributed by atoms with Crippen molar-refractivity contribution in [3.05, 3.63) is 87.9 Å². The van der Waals surface area contributed by atoms with Gasteiger partial charge in [0.15, 0.2) is 0 Å².